The molecule has 1 heterocycles. The van der Waals surface area contributed by atoms with Gasteiger partial charge in [-0.3, -0.25) is 4.99 Å². The monoisotopic (exact) mass is 291 g/mol. The summed E-state index contributed by atoms with van der Waals surface area (Å²) in [5.74, 6) is 1.62. The molecule has 0 aromatic rings. The fraction of sp³-hybridized carbons (Fsp3) is 0.944. The molecule has 2 aliphatic carbocycles. The number of hydrogen-bond donors (Lipinski definition) is 1. The Morgan fingerprint density at radius 2 is 1.76 bits per heavy atom. The SMILES string of the molecule is CC1CC(C)(C)CC2(CN=C(N)N2C2CCCCCC2)C1. The van der Waals surface area contributed by atoms with Crippen LogP contribution in [-0.2, 0) is 0 Å². The molecular formula is C18H33N3. The second kappa shape index (κ2) is 5.48. The summed E-state index contributed by atoms with van der Waals surface area (Å²) in [5.41, 5.74) is 7.02. The molecule has 0 bridgehead atoms. The van der Waals surface area contributed by atoms with E-state index in [2.05, 4.69) is 25.7 Å². The Kier molecular flexibility index (Phi) is 3.96. The summed E-state index contributed by atoms with van der Waals surface area (Å²) >= 11 is 0. The quantitative estimate of drug-likeness (QED) is 0.744. The number of aliphatic imine (C=N–C) groups is 1. The molecule has 3 aliphatic rings. The normalized spacial score (nSPS) is 37.6. The lowest BCUT2D eigenvalue weighted by molar-refractivity contribution is 0.0154. The zero-order valence-corrected chi connectivity index (χ0v) is 14.2. The maximum absolute atomic E-state index is 6.38. The first-order chi connectivity index (χ1) is 9.92. The van der Waals surface area contributed by atoms with Gasteiger partial charge < -0.3 is 10.6 Å². The van der Waals surface area contributed by atoms with Crippen LogP contribution in [0.2, 0.25) is 0 Å². The van der Waals surface area contributed by atoms with Crippen LogP contribution in [-0.4, -0.2) is 29.0 Å². The van der Waals surface area contributed by atoms with Gasteiger partial charge in [-0.15, -0.1) is 0 Å². The summed E-state index contributed by atoms with van der Waals surface area (Å²) in [7, 11) is 0. The van der Waals surface area contributed by atoms with Crippen molar-refractivity contribution in [3.05, 3.63) is 0 Å². The molecule has 2 atom stereocenters. The lowest BCUT2D eigenvalue weighted by atomic mass is 9.63. The molecule has 0 amide bonds. The number of hydrogen-bond acceptors (Lipinski definition) is 3. The zero-order chi connectivity index (χ0) is 15.1. The molecule has 1 spiro atoms. The van der Waals surface area contributed by atoms with E-state index in [0.29, 0.717) is 11.5 Å². The molecule has 0 radical (unpaired) electrons. The molecule has 21 heavy (non-hydrogen) atoms. The molecule has 2 saturated carbocycles. The minimum atomic E-state index is 0.222. The highest BCUT2D eigenvalue weighted by Crippen LogP contribution is 2.49. The minimum Gasteiger partial charge on any atom is -0.370 e. The molecule has 3 nitrogen and oxygen atoms in total. The van der Waals surface area contributed by atoms with Gasteiger partial charge in [0, 0.05) is 6.04 Å². The van der Waals surface area contributed by atoms with Crippen molar-refractivity contribution in [2.45, 2.75) is 90.1 Å². The van der Waals surface area contributed by atoms with E-state index in [4.69, 9.17) is 10.7 Å². The maximum atomic E-state index is 6.38. The van der Waals surface area contributed by atoms with Crippen LogP contribution in [0.15, 0.2) is 4.99 Å². The standard InChI is InChI=1S/C18H33N3/c1-14-10-17(2,3)12-18(11-14)13-20-16(19)21(18)15-8-6-4-5-7-9-15/h14-15H,4-13H2,1-3H3,(H2,19,20). The molecular weight excluding hydrogens is 258 g/mol. The molecule has 0 aromatic heterocycles. The van der Waals surface area contributed by atoms with Gasteiger partial charge >= 0.3 is 0 Å². The van der Waals surface area contributed by atoms with E-state index in [0.717, 1.165) is 18.4 Å². The highest BCUT2D eigenvalue weighted by molar-refractivity contribution is 5.81. The van der Waals surface area contributed by atoms with Gasteiger partial charge in [-0.05, 0) is 43.4 Å². The van der Waals surface area contributed by atoms with Crippen LogP contribution in [0.4, 0.5) is 0 Å². The Morgan fingerprint density at radius 3 is 2.38 bits per heavy atom. The first kappa shape index (κ1) is 15.2. The van der Waals surface area contributed by atoms with Crippen LogP contribution in [0.3, 0.4) is 0 Å². The molecule has 3 rings (SSSR count). The number of nitrogens with two attached hydrogens (primary N) is 1. The first-order valence-electron chi connectivity index (χ1n) is 9.01. The van der Waals surface area contributed by atoms with Crippen molar-refractivity contribution in [2.75, 3.05) is 6.54 Å². The predicted octanol–water partition coefficient (Wildman–Crippen LogP) is 3.92. The summed E-state index contributed by atoms with van der Waals surface area (Å²) in [6.45, 7) is 8.22. The Hall–Kier alpha value is -0.730. The van der Waals surface area contributed by atoms with E-state index in [1.807, 2.05) is 0 Å². The van der Waals surface area contributed by atoms with E-state index in [1.54, 1.807) is 0 Å². The van der Waals surface area contributed by atoms with Gasteiger partial charge in [0.1, 0.15) is 0 Å². The summed E-state index contributed by atoms with van der Waals surface area (Å²) in [6.07, 6.45) is 12.0. The lowest BCUT2D eigenvalue weighted by Gasteiger charge is -2.52. The topological polar surface area (TPSA) is 41.6 Å². The predicted molar refractivity (Wildman–Crippen MR) is 89.3 cm³/mol. The molecule has 0 aromatic carbocycles. The average Bonchev–Trinajstić information content (AvgIpc) is 2.57. The van der Waals surface area contributed by atoms with E-state index in [1.165, 1.54) is 57.8 Å². The Balaban J connectivity index is 1.86. The van der Waals surface area contributed by atoms with Gasteiger partial charge in [0.05, 0.1) is 12.1 Å². The third-order valence-electron chi connectivity index (χ3n) is 5.92. The number of nitrogens with zero attached hydrogens (tertiary/aromatic N) is 2. The van der Waals surface area contributed by atoms with Gasteiger partial charge in [0.2, 0.25) is 0 Å². The Labute approximate surface area is 130 Å². The summed E-state index contributed by atoms with van der Waals surface area (Å²) in [6, 6.07) is 0.639. The van der Waals surface area contributed by atoms with Gasteiger partial charge in [0.25, 0.3) is 0 Å². The fourth-order valence-corrected chi connectivity index (χ4v) is 5.72. The van der Waals surface area contributed by atoms with Crippen molar-refractivity contribution in [1.82, 2.24) is 4.90 Å². The lowest BCUT2D eigenvalue weighted by Crippen LogP contribution is -2.60. The van der Waals surface area contributed by atoms with Gasteiger partial charge in [-0.1, -0.05) is 46.5 Å². The number of guanidine groups is 1. The third kappa shape index (κ3) is 2.93. The maximum Gasteiger partial charge on any atom is 0.192 e. The summed E-state index contributed by atoms with van der Waals surface area (Å²) in [5, 5.41) is 0. The molecule has 120 valence electrons. The second-order valence-corrected chi connectivity index (χ2v) is 8.77. The largest absolute Gasteiger partial charge is 0.370 e. The molecule has 2 N–H and O–H groups in total. The van der Waals surface area contributed by atoms with Crippen LogP contribution < -0.4 is 5.73 Å². The van der Waals surface area contributed by atoms with Crippen LogP contribution in [0.5, 0.6) is 0 Å². The Morgan fingerprint density at radius 1 is 1.10 bits per heavy atom. The van der Waals surface area contributed by atoms with E-state index in [9.17, 15) is 0 Å². The second-order valence-electron chi connectivity index (χ2n) is 8.77. The van der Waals surface area contributed by atoms with Gasteiger partial charge in [-0.2, -0.15) is 0 Å². The van der Waals surface area contributed by atoms with Crippen molar-refractivity contribution >= 4 is 5.96 Å². The third-order valence-corrected chi connectivity index (χ3v) is 5.92. The van der Waals surface area contributed by atoms with Gasteiger partial charge in [0.15, 0.2) is 5.96 Å². The molecule has 0 saturated heterocycles. The molecule has 3 heteroatoms. The summed E-state index contributed by atoms with van der Waals surface area (Å²) in [4.78, 5) is 7.31. The van der Waals surface area contributed by atoms with E-state index >= 15 is 0 Å². The van der Waals surface area contributed by atoms with Crippen molar-refractivity contribution in [1.29, 1.82) is 0 Å². The molecule has 1 aliphatic heterocycles. The van der Waals surface area contributed by atoms with Crippen molar-refractivity contribution in [3.8, 4) is 0 Å². The van der Waals surface area contributed by atoms with Crippen molar-refractivity contribution < 1.29 is 0 Å². The smallest absolute Gasteiger partial charge is 0.192 e. The molecule has 2 fully saturated rings. The van der Waals surface area contributed by atoms with Gasteiger partial charge in [-0.25, -0.2) is 0 Å². The van der Waals surface area contributed by atoms with Crippen LogP contribution >= 0.6 is 0 Å². The van der Waals surface area contributed by atoms with Crippen LogP contribution in [0.25, 0.3) is 0 Å². The minimum absolute atomic E-state index is 0.222. The summed E-state index contributed by atoms with van der Waals surface area (Å²) < 4.78 is 0. The van der Waals surface area contributed by atoms with E-state index < -0.39 is 0 Å². The fourth-order valence-electron chi connectivity index (χ4n) is 5.72. The Bertz CT molecular complexity index is 407. The first-order valence-corrected chi connectivity index (χ1v) is 9.01. The highest BCUT2D eigenvalue weighted by atomic mass is 15.4. The van der Waals surface area contributed by atoms with Crippen LogP contribution in [0.1, 0.15) is 78.6 Å². The number of rotatable bonds is 1. The van der Waals surface area contributed by atoms with Crippen LogP contribution in [0, 0.1) is 11.3 Å². The van der Waals surface area contributed by atoms with Crippen molar-refractivity contribution in [3.63, 3.8) is 0 Å². The highest BCUT2D eigenvalue weighted by Gasteiger charge is 2.51. The molecule has 2 unspecified atom stereocenters. The van der Waals surface area contributed by atoms with E-state index in [-0.39, 0.29) is 5.54 Å². The van der Waals surface area contributed by atoms with Crippen molar-refractivity contribution in [2.24, 2.45) is 22.1 Å². The zero-order valence-electron chi connectivity index (χ0n) is 14.2. The average molecular weight is 291 g/mol.